The largest absolute Gasteiger partial charge is 0.405 e. The average Bonchev–Trinajstić information content (AvgIpc) is 2.24. The molecule has 1 amide bonds. The molecule has 1 aromatic carbocycles. The van der Waals surface area contributed by atoms with Crippen LogP contribution >= 0.6 is 0 Å². The molecule has 0 saturated carbocycles. The Kier molecular flexibility index (Phi) is 3.74. The van der Waals surface area contributed by atoms with E-state index in [9.17, 15) is 28.1 Å². The summed E-state index contributed by atoms with van der Waals surface area (Å²) < 4.78 is 35.6. The van der Waals surface area contributed by atoms with E-state index in [1.807, 2.05) is 0 Å². The summed E-state index contributed by atoms with van der Waals surface area (Å²) in [6.45, 7) is -1.48. The predicted molar refractivity (Wildman–Crippen MR) is 55.9 cm³/mol. The fourth-order valence-corrected chi connectivity index (χ4v) is 1.14. The Bertz CT molecular complexity index is 488. The van der Waals surface area contributed by atoms with Gasteiger partial charge in [-0.25, -0.2) is 0 Å². The van der Waals surface area contributed by atoms with Crippen molar-refractivity contribution in [3.05, 3.63) is 33.9 Å². The van der Waals surface area contributed by atoms with Crippen LogP contribution in [0.5, 0.6) is 0 Å². The van der Waals surface area contributed by atoms with Crippen molar-refractivity contribution in [2.24, 2.45) is 0 Å². The minimum atomic E-state index is -4.53. The summed E-state index contributed by atoms with van der Waals surface area (Å²) >= 11 is 0. The minimum absolute atomic E-state index is 0.178. The molecule has 3 N–H and O–H groups in total. The fourth-order valence-electron chi connectivity index (χ4n) is 1.14. The number of nitrogens with one attached hydrogen (secondary N) is 1. The first-order valence-electron chi connectivity index (χ1n) is 4.59. The van der Waals surface area contributed by atoms with Gasteiger partial charge >= 0.3 is 6.18 Å². The lowest BCUT2D eigenvalue weighted by Crippen LogP contribution is -2.33. The van der Waals surface area contributed by atoms with Crippen LogP contribution in [0.4, 0.5) is 24.5 Å². The highest BCUT2D eigenvalue weighted by atomic mass is 19.4. The molecule has 0 spiro atoms. The van der Waals surface area contributed by atoms with Crippen LogP contribution in [-0.2, 0) is 0 Å². The highest BCUT2D eigenvalue weighted by Crippen LogP contribution is 2.22. The van der Waals surface area contributed by atoms with E-state index in [4.69, 9.17) is 5.73 Å². The van der Waals surface area contributed by atoms with Crippen LogP contribution in [0.3, 0.4) is 0 Å². The van der Waals surface area contributed by atoms with Gasteiger partial charge in [-0.15, -0.1) is 0 Å². The number of carbonyl (C=O) groups excluding carboxylic acids is 1. The number of nitrogens with two attached hydrogens (primary N) is 1. The number of nitro benzene ring substituents is 1. The molecule has 6 nitrogen and oxygen atoms in total. The molecule has 0 fully saturated rings. The Morgan fingerprint density at radius 2 is 2.06 bits per heavy atom. The number of benzene rings is 1. The van der Waals surface area contributed by atoms with Gasteiger partial charge in [0.25, 0.3) is 11.6 Å². The first kappa shape index (κ1) is 13.7. The third-order valence-electron chi connectivity index (χ3n) is 1.94. The second-order valence-corrected chi connectivity index (χ2v) is 3.33. The number of amides is 1. The summed E-state index contributed by atoms with van der Waals surface area (Å²) in [6.07, 6.45) is -4.53. The van der Waals surface area contributed by atoms with E-state index in [0.717, 1.165) is 18.2 Å². The Labute approximate surface area is 98.7 Å². The maximum absolute atomic E-state index is 11.9. The molecule has 0 aliphatic heterocycles. The number of rotatable bonds is 3. The van der Waals surface area contributed by atoms with Gasteiger partial charge in [0.05, 0.1) is 4.92 Å². The topological polar surface area (TPSA) is 98.3 Å². The SMILES string of the molecule is Nc1cc(C(=O)NCC(F)(F)F)ccc1[N+](=O)[O-]. The lowest BCUT2D eigenvalue weighted by molar-refractivity contribution is -0.383. The van der Waals surface area contributed by atoms with Gasteiger partial charge in [0, 0.05) is 11.6 Å². The predicted octanol–water partition coefficient (Wildman–Crippen LogP) is 1.47. The maximum Gasteiger partial charge on any atom is 0.405 e. The summed E-state index contributed by atoms with van der Waals surface area (Å²) in [5.41, 5.74) is 4.41. The second kappa shape index (κ2) is 4.90. The Balaban J connectivity index is 2.82. The van der Waals surface area contributed by atoms with Crippen molar-refractivity contribution >= 4 is 17.3 Å². The number of hydrogen-bond acceptors (Lipinski definition) is 4. The zero-order chi connectivity index (χ0) is 13.9. The van der Waals surface area contributed by atoms with Crippen LogP contribution in [0.25, 0.3) is 0 Å². The molecule has 0 aromatic heterocycles. The zero-order valence-corrected chi connectivity index (χ0v) is 8.82. The Hall–Kier alpha value is -2.32. The van der Waals surface area contributed by atoms with Crippen LogP contribution in [0.2, 0.25) is 0 Å². The molecule has 1 rings (SSSR count). The van der Waals surface area contributed by atoms with Gasteiger partial charge in [-0.3, -0.25) is 14.9 Å². The molecule has 9 heteroatoms. The van der Waals surface area contributed by atoms with E-state index in [1.54, 1.807) is 5.32 Å². The molecule has 0 aliphatic carbocycles. The van der Waals surface area contributed by atoms with Crippen LogP contribution in [0.15, 0.2) is 18.2 Å². The number of nitro groups is 1. The molecule has 0 bridgehead atoms. The molecule has 1 aromatic rings. The molecular formula is C9H8F3N3O3. The molecule has 0 saturated heterocycles. The summed E-state index contributed by atoms with van der Waals surface area (Å²) in [5.74, 6) is -1.01. The minimum Gasteiger partial charge on any atom is -0.393 e. The third-order valence-corrected chi connectivity index (χ3v) is 1.94. The number of nitrogens with zero attached hydrogens (tertiary/aromatic N) is 1. The molecular weight excluding hydrogens is 255 g/mol. The number of hydrogen-bond donors (Lipinski definition) is 2. The Morgan fingerprint density at radius 1 is 1.44 bits per heavy atom. The van der Waals surface area contributed by atoms with Crippen molar-refractivity contribution in [2.45, 2.75) is 6.18 Å². The van der Waals surface area contributed by atoms with Crippen molar-refractivity contribution in [2.75, 3.05) is 12.3 Å². The molecule has 98 valence electrons. The van der Waals surface area contributed by atoms with E-state index in [2.05, 4.69) is 0 Å². The first-order valence-corrected chi connectivity index (χ1v) is 4.59. The second-order valence-electron chi connectivity index (χ2n) is 3.33. The average molecular weight is 263 g/mol. The van der Waals surface area contributed by atoms with E-state index in [0.29, 0.717) is 0 Å². The maximum atomic E-state index is 11.9. The van der Waals surface area contributed by atoms with Gasteiger partial charge in [-0.1, -0.05) is 0 Å². The number of alkyl halides is 3. The normalized spacial score (nSPS) is 11.1. The lowest BCUT2D eigenvalue weighted by Gasteiger charge is -2.08. The van der Waals surface area contributed by atoms with Crippen molar-refractivity contribution in [1.82, 2.24) is 5.32 Å². The van der Waals surface area contributed by atoms with Crippen LogP contribution in [-0.4, -0.2) is 23.6 Å². The third kappa shape index (κ3) is 3.61. The molecule has 0 atom stereocenters. The first-order chi connectivity index (χ1) is 8.20. The van der Waals surface area contributed by atoms with E-state index < -0.39 is 29.2 Å². The van der Waals surface area contributed by atoms with Crippen LogP contribution < -0.4 is 11.1 Å². The van der Waals surface area contributed by atoms with Crippen molar-refractivity contribution in [3.8, 4) is 0 Å². The Morgan fingerprint density at radius 3 is 2.50 bits per heavy atom. The fraction of sp³-hybridized carbons (Fsp3) is 0.222. The number of nitrogen functional groups attached to an aromatic ring is 1. The number of anilines is 1. The molecule has 0 unspecified atom stereocenters. The summed E-state index contributed by atoms with van der Waals surface area (Å²) in [7, 11) is 0. The monoisotopic (exact) mass is 263 g/mol. The molecule has 18 heavy (non-hydrogen) atoms. The van der Waals surface area contributed by atoms with Crippen molar-refractivity contribution in [3.63, 3.8) is 0 Å². The van der Waals surface area contributed by atoms with Gasteiger partial charge in [-0.05, 0) is 12.1 Å². The molecule has 0 heterocycles. The number of halogens is 3. The summed E-state index contributed by atoms with van der Waals surface area (Å²) in [6, 6.07) is 2.93. The van der Waals surface area contributed by atoms with Gasteiger partial charge < -0.3 is 11.1 Å². The van der Waals surface area contributed by atoms with Crippen molar-refractivity contribution in [1.29, 1.82) is 0 Å². The number of carbonyl (C=O) groups is 1. The lowest BCUT2D eigenvalue weighted by atomic mass is 10.1. The summed E-state index contributed by atoms with van der Waals surface area (Å²) in [5, 5.41) is 12.1. The molecule has 0 aliphatic rings. The highest BCUT2D eigenvalue weighted by molar-refractivity contribution is 5.95. The highest BCUT2D eigenvalue weighted by Gasteiger charge is 2.28. The van der Waals surface area contributed by atoms with Gasteiger partial charge in [0.2, 0.25) is 0 Å². The van der Waals surface area contributed by atoms with E-state index in [1.165, 1.54) is 0 Å². The summed E-state index contributed by atoms with van der Waals surface area (Å²) in [4.78, 5) is 21.0. The van der Waals surface area contributed by atoms with Gasteiger partial charge in [0.1, 0.15) is 12.2 Å². The van der Waals surface area contributed by atoms with E-state index >= 15 is 0 Å². The smallest absolute Gasteiger partial charge is 0.393 e. The van der Waals surface area contributed by atoms with Crippen LogP contribution in [0, 0.1) is 10.1 Å². The van der Waals surface area contributed by atoms with Crippen molar-refractivity contribution < 1.29 is 22.9 Å². The van der Waals surface area contributed by atoms with E-state index in [-0.39, 0.29) is 11.3 Å². The van der Waals surface area contributed by atoms with Gasteiger partial charge in [-0.2, -0.15) is 13.2 Å². The molecule has 0 radical (unpaired) electrons. The zero-order valence-electron chi connectivity index (χ0n) is 8.82. The van der Waals surface area contributed by atoms with Gasteiger partial charge in [0.15, 0.2) is 0 Å². The standard InChI is InChI=1S/C9H8F3N3O3/c10-9(11,12)4-14-8(16)5-1-2-7(15(17)18)6(13)3-5/h1-3H,4,13H2,(H,14,16). The quantitative estimate of drug-likeness (QED) is 0.490. The van der Waals surface area contributed by atoms with Crippen LogP contribution in [0.1, 0.15) is 10.4 Å².